The molecule has 8 heteroatoms. The van der Waals surface area contributed by atoms with Gasteiger partial charge in [-0.2, -0.15) is 8.42 Å². The lowest BCUT2D eigenvalue weighted by Gasteiger charge is -2.27. The van der Waals surface area contributed by atoms with Crippen molar-refractivity contribution in [2.75, 3.05) is 5.75 Å². The molecule has 0 radical (unpaired) electrons. The van der Waals surface area contributed by atoms with E-state index in [1.165, 1.54) is 13.8 Å². The first-order valence-corrected chi connectivity index (χ1v) is 5.73. The summed E-state index contributed by atoms with van der Waals surface area (Å²) in [5.74, 6) is -0.656. The number of amides is 1. The molecule has 1 fully saturated rings. The summed E-state index contributed by atoms with van der Waals surface area (Å²) in [5.41, 5.74) is -1.24. The number of ether oxygens (including phenoxy) is 1. The molecule has 0 spiro atoms. The zero-order valence-electron chi connectivity index (χ0n) is 7.60. The standard InChI is InChI=1S/C6H10ClNO5S/c1-4-6(2,3-14(10,11)12)8(7)5(9)13-4/h4H,3H2,1-2H3,(H,10,11,12)/t4-,6+/m1/s1. The van der Waals surface area contributed by atoms with E-state index in [2.05, 4.69) is 0 Å². The van der Waals surface area contributed by atoms with Crippen LogP contribution in [0, 0.1) is 0 Å². The number of carbonyl (C=O) groups is 1. The fraction of sp³-hybridized carbons (Fsp3) is 0.833. The van der Waals surface area contributed by atoms with E-state index in [4.69, 9.17) is 21.1 Å². The van der Waals surface area contributed by atoms with Gasteiger partial charge in [0, 0.05) is 11.8 Å². The molecular weight excluding hydrogens is 234 g/mol. The molecule has 0 aromatic carbocycles. The van der Waals surface area contributed by atoms with Crippen molar-refractivity contribution >= 4 is 28.0 Å². The molecule has 2 atom stereocenters. The van der Waals surface area contributed by atoms with Crippen LogP contribution in [0.15, 0.2) is 0 Å². The molecule has 14 heavy (non-hydrogen) atoms. The van der Waals surface area contributed by atoms with Crippen LogP contribution >= 0.6 is 11.8 Å². The van der Waals surface area contributed by atoms with Crippen LogP contribution in [0.25, 0.3) is 0 Å². The third kappa shape index (κ3) is 1.94. The molecule has 0 aromatic rings. The Bertz CT molecular complexity index is 355. The highest BCUT2D eigenvalue weighted by Gasteiger charge is 2.51. The maximum absolute atomic E-state index is 11.0. The minimum Gasteiger partial charge on any atom is -0.443 e. The van der Waals surface area contributed by atoms with E-state index >= 15 is 0 Å². The van der Waals surface area contributed by atoms with Gasteiger partial charge < -0.3 is 4.74 Å². The van der Waals surface area contributed by atoms with Gasteiger partial charge >= 0.3 is 6.09 Å². The van der Waals surface area contributed by atoms with Gasteiger partial charge in [-0.3, -0.25) is 4.55 Å². The minimum atomic E-state index is -4.21. The molecule has 0 aromatic heterocycles. The lowest BCUT2D eigenvalue weighted by atomic mass is 10.0. The molecule has 1 saturated heterocycles. The Morgan fingerprint density at radius 3 is 2.50 bits per heavy atom. The number of cyclic esters (lactones) is 1. The number of halogens is 1. The van der Waals surface area contributed by atoms with Crippen LogP contribution in [0.2, 0.25) is 0 Å². The minimum absolute atomic E-state index is 0.656. The number of nitrogens with zero attached hydrogens (tertiary/aromatic N) is 1. The van der Waals surface area contributed by atoms with Crippen molar-refractivity contribution in [2.45, 2.75) is 25.5 Å². The van der Waals surface area contributed by atoms with Crippen LogP contribution in [0.4, 0.5) is 4.79 Å². The van der Waals surface area contributed by atoms with E-state index in [0.29, 0.717) is 4.42 Å². The third-order valence-electron chi connectivity index (χ3n) is 2.24. The van der Waals surface area contributed by atoms with Gasteiger partial charge in [0.15, 0.2) is 0 Å². The van der Waals surface area contributed by atoms with Crippen LogP contribution in [-0.2, 0) is 14.9 Å². The number of hydrogen-bond acceptors (Lipinski definition) is 4. The zero-order chi connectivity index (χ0) is 11.1. The topological polar surface area (TPSA) is 83.9 Å². The Kier molecular flexibility index (Phi) is 2.68. The summed E-state index contributed by atoms with van der Waals surface area (Å²) in [6.45, 7) is 2.93. The first-order valence-electron chi connectivity index (χ1n) is 3.78. The average Bonchev–Trinajstić information content (AvgIpc) is 2.13. The van der Waals surface area contributed by atoms with Gasteiger partial charge in [0.25, 0.3) is 10.1 Å². The van der Waals surface area contributed by atoms with Gasteiger partial charge in [-0.05, 0) is 13.8 Å². The lowest BCUT2D eigenvalue weighted by molar-refractivity contribution is 0.129. The van der Waals surface area contributed by atoms with Gasteiger partial charge in [-0.1, -0.05) is 0 Å². The number of rotatable bonds is 2. The van der Waals surface area contributed by atoms with E-state index in [9.17, 15) is 13.2 Å². The maximum atomic E-state index is 11.0. The molecule has 1 rings (SSSR count). The zero-order valence-corrected chi connectivity index (χ0v) is 9.17. The van der Waals surface area contributed by atoms with Crippen molar-refractivity contribution in [1.82, 2.24) is 4.42 Å². The molecule has 1 N–H and O–H groups in total. The van der Waals surface area contributed by atoms with Crippen molar-refractivity contribution in [2.24, 2.45) is 0 Å². The van der Waals surface area contributed by atoms with Gasteiger partial charge in [0.2, 0.25) is 0 Å². The van der Waals surface area contributed by atoms with E-state index in [0.717, 1.165) is 0 Å². The summed E-state index contributed by atoms with van der Waals surface area (Å²) in [6.07, 6.45) is -1.51. The Morgan fingerprint density at radius 1 is 1.71 bits per heavy atom. The summed E-state index contributed by atoms with van der Waals surface area (Å²) >= 11 is 5.55. The molecule has 1 aliphatic heterocycles. The predicted molar refractivity (Wildman–Crippen MR) is 48.5 cm³/mol. The molecule has 0 bridgehead atoms. The van der Waals surface area contributed by atoms with E-state index in [1.807, 2.05) is 0 Å². The van der Waals surface area contributed by atoms with Gasteiger partial charge in [-0.25, -0.2) is 9.21 Å². The van der Waals surface area contributed by atoms with Crippen LogP contribution in [0.3, 0.4) is 0 Å². The van der Waals surface area contributed by atoms with E-state index in [1.54, 1.807) is 0 Å². The molecule has 0 unspecified atom stereocenters. The van der Waals surface area contributed by atoms with Gasteiger partial charge in [0.1, 0.15) is 17.4 Å². The van der Waals surface area contributed by atoms with Crippen LogP contribution in [0.5, 0.6) is 0 Å². The normalized spacial score (nSPS) is 33.3. The van der Waals surface area contributed by atoms with Crippen molar-refractivity contribution < 1.29 is 22.5 Å². The Hall–Kier alpha value is -0.530. The van der Waals surface area contributed by atoms with Gasteiger partial charge in [-0.15, -0.1) is 0 Å². The van der Waals surface area contributed by atoms with Gasteiger partial charge in [0.05, 0.1) is 0 Å². The molecule has 6 nitrogen and oxygen atoms in total. The molecular formula is C6H10ClNO5S. The summed E-state index contributed by atoms with van der Waals surface area (Å²) in [5, 5.41) is 0. The molecule has 0 saturated carbocycles. The summed E-state index contributed by atoms with van der Waals surface area (Å²) in [6, 6.07) is 0. The number of carbonyl (C=O) groups excluding carboxylic acids is 1. The smallest absolute Gasteiger partial charge is 0.425 e. The summed E-state index contributed by atoms with van der Waals surface area (Å²) < 4.78 is 35.4. The largest absolute Gasteiger partial charge is 0.443 e. The van der Waals surface area contributed by atoms with Crippen molar-refractivity contribution in [3.8, 4) is 0 Å². The lowest BCUT2D eigenvalue weighted by Crippen LogP contribution is -2.48. The second-order valence-corrected chi connectivity index (χ2v) is 5.18. The molecule has 1 aliphatic rings. The Labute approximate surface area is 86.6 Å². The van der Waals surface area contributed by atoms with E-state index < -0.39 is 33.6 Å². The van der Waals surface area contributed by atoms with Crippen molar-refractivity contribution in [1.29, 1.82) is 0 Å². The highest BCUT2D eigenvalue weighted by atomic mass is 35.5. The predicted octanol–water partition coefficient (Wildman–Crippen LogP) is 0.627. The highest BCUT2D eigenvalue weighted by molar-refractivity contribution is 7.85. The molecule has 1 amide bonds. The van der Waals surface area contributed by atoms with Crippen molar-refractivity contribution in [3.63, 3.8) is 0 Å². The highest BCUT2D eigenvalue weighted by Crippen LogP contribution is 2.33. The molecule has 0 aliphatic carbocycles. The second kappa shape index (κ2) is 3.25. The fourth-order valence-electron chi connectivity index (χ4n) is 1.24. The quantitative estimate of drug-likeness (QED) is 0.568. The number of hydrogen-bond donors (Lipinski definition) is 1. The maximum Gasteiger partial charge on any atom is 0.425 e. The van der Waals surface area contributed by atoms with E-state index in [-0.39, 0.29) is 0 Å². The Balaban J connectivity index is 2.99. The Morgan fingerprint density at radius 2 is 2.21 bits per heavy atom. The molecule has 82 valence electrons. The average molecular weight is 244 g/mol. The molecule has 1 heterocycles. The van der Waals surface area contributed by atoms with Crippen LogP contribution < -0.4 is 0 Å². The third-order valence-corrected chi connectivity index (χ3v) is 3.71. The van der Waals surface area contributed by atoms with Crippen LogP contribution in [0.1, 0.15) is 13.8 Å². The fourth-order valence-corrected chi connectivity index (χ4v) is 2.65. The monoisotopic (exact) mass is 243 g/mol. The SMILES string of the molecule is C[C@H]1OC(=O)N(Cl)[C@@]1(C)CS(=O)(=O)O. The first kappa shape index (κ1) is 11.5. The summed E-state index contributed by atoms with van der Waals surface area (Å²) in [7, 11) is -4.21. The van der Waals surface area contributed by atoms with Crippen molar-refractivity contribution in [3.05, 3.63) is 0 Å². The van der Waals surface area contributed by atoms with Crippen LogP contribution in [-0.4, -0.2) is 40.9 Å². The summed E-state index contributed by atoms with van der Waals surface area (Å²) in [4.78, 5) is 11.0. The first-order chi connectivity index (χ1) is 6.17. The second-order valence-electron chi connectivity index (χ2n) is 3.39.